The predicted octanol–water partition coefficient (Wildman–Crippen LogP) is 5.00. The molecule has 1 saturated heterocycles. The maximum absolute atomic E-state index is 14.1. The van der Waals surface area contributed by atoms with Crippen molar-refractivity contribution in [3.05, 3.63) is 68.7 Å². The number of methoxy groups -OCH3 is 1. The Morgan fingerprint density at radius 2 is 1.83 bits per heavy atom. The second kappa shape index (κ2) is 9.41. The van der Waals surface area contributed by atoms with Gasteiger partial charge in [-0.2, -0.15) is 4.31 Å². The normalized spacial score (nSPS) is 22.4. The molecule has 8 nitrogen and oxygen atoms in total. The van der Waals surface area contributed by atoms with Crippen molar-refractivity contribution in [2.24, 2.45) is 0 Å². The Bertz CT molecular complexity index is 1430. The molecule has 36 heavy (non-hydrogen) atoms. The maximum atomic E-state index is 14.1. The third kappa shape index (κ3) is 4.27. The van der Waals surface area contributed by atoms with Gasteiger partial charge in [-0.25, -0.2) is 18.3 Å². The lowest BCUT2D eigenvalue weighted by atomic mass is 9.92. The summed E-state index contributed by atoms with van der Waals surface area (Å²) in [6, 6.07) is 12.3. The lowest BCUT2D eigenvalue weighted by Crippen LogP contribution is -2.43. The van der Waals surface area contributed by atoms with Gasteiger partial charge in [0.25, 0.3) is 15.9 Å². The van der Waals surface area contributed by atoms with Crippen LogP contribution in [0.1, 0.15) is 18.9 Å². The largest absolute Gasteiger partial charge is 0.380 e. The first-order valence-corrected chi connectivity index (χ1v) is 14.2. The molecule has 0 saturated carbocycles. The van der Waals surface area contributed by atoms with E-state index in [2.05, 4.69) is 20.9 Å². The fraction of sp³-hybridized carbons (Fsp3) is 0.333. The van der Waals surface area contributed by atoms with Crippen LogP contribution in [0.15, 0.2) is 58.2 Å². The van der Waals surface area contributed by atoms with Crippen molar-refractivity contribution in [2.75, 3.05) is 25.1 Å². The number of carbonyl (C=O) groups is 1. The monoisotopic (exact) mass is 612 g/mol. The van der Waals surface area contributed by atoms with Crippen LogP contribution in [-0.4, -0.2) is 54.5 Å². The number of anilines is 2. The minimum atomic E-state index is -3.96. The minimum absolute atomic E-state index is 0.0437. The number of rotatable bonds is 6. The number of halogens is 3. The molecule has 0 bridgehead atoms. The van der Waals surface area contributed by atoms with Gasteiger partial charge in [-0.3, -0.25) is 9.36 Å². The molecule has 12 heteroatoms. The number of ether oxygens (including phenoxy) is 1. The van der Waals surface area contributed by atoms with Crippen molar-refractivity contribution in [1.29, 1.82) is 0 Å². The van der Waals surface area contributed by atoms with Crippen molar-refractivity contribution >= 4 is 66.7 Å². The van der Waals surface area contributed by atoms with E-state index in [4.69, 9.17) is 27.9 Å². The van der Waals surface area contributed by atoms with E-state index in [9.17, 15) is 13.2 Å². The molecular formula is C24H23BrCl2N4O4S. The topological polar surface area (TPSA) is 84.7 Å². The van der Waals surface area contributed by atoms with Gasteiger partial charge in [-0.1, -0.05) is 51.3 Å². The van der Waals surface area contributed by atoms with Crippen LogP contribution < -0.4 is 4.90 Å². The molecule has 1 unspecified atom stereocenters. The lowest BCUT2D eigenvalue weighted by Gasteiger charge is -2.27. The number of hydrogen-bond acceptors (Lipinski definition) is 5. The molecule has 0 spiro atoms. The van der Waals surface area contributed by atoms with Gasteiger partial charge in [0.15, 0.2) is 5.03 Å². The summed E-state index contributed by atoms with van der Waals surface area (Å²) in [5.74, 6) is -0.140. The van der Waals surface area contributed by atoms with Crippen molar-refractivity contribution < 1.29 is 17.9 Å². The Hall–Kier alpha value is -1.95. The third-order valence-electron chi connectivity index (χ3n) is 6.68. The number of aromatic nitrogens is 2. The Balaban J connectivity index is 1.67. The van der Waals surface area contributed by atoms with Crippen LogP contribution in [0.25, 0.3) is 0 Å². The molecule has 1 fully saturated rings. The molecule has 3 heterocycles. The van der Waals surface area contributed by atoms with Gasteiger partial charge in [0.2, 0.25) is 5.95 Å². The molecule has 3 aromatic rings. The quantitative estimate of drug-likeness (QED) is 0.391. The molecular weight excluding hydrogens is 591 g/mol. The molecule has 1 amide bonds. The molecule has 2 atom stereocenters. The number of fused-ring (bicyclic) bond motifs is 1. The van der Waals surface area contributed by atoms with Gasteiger partial charge < -0.3 is 4.74 Å². The molecule has 1 aromatic heterocycles. The molecule has 0 N–H and O–H groups in total. The summed E-state index contributed by atoms with van der Waals surface area (Å²) in [7, 11) is -2.40. The number of imidazole rings is 1. The van der Waals surface area contributed by atoms with Gasteiger partial charge in [0.1, 0.15) is 5.54 Å². The zero-order chi connectivity index (χ0) is 25.8. The Morgan fingerprint density at radius 3 is 2.44 bits per heavy atom. The third-order valence-corrected chi connectivity index (χ3v) is 9.47. The highest BCUT2D eigenvalue weighted by molar-refractivity contribution is 9.10. The second-order valence-corrected chi connectivity index (χ2v) is 12.8. The van der Waals surface area contributed by atoms with E-state index in [-0.39, 0.29) is 36.0 Å². The van der Waals surface area contributed by atoms with Gasteiger partial charge in [0.05, 0.1) is 18.0 Å². The molecule has 2 aliphatic rings. The first-order valence-electron chi connectivity index (χ1n) is 11.2. The van der Waals surface area contributed by atoms with Crippen molar-refractivity contribution in [2.45, 2.75) is 36.4 Å². The van der Waals surface area contributed by atoms with Crippen LogP contribution >= 0.6 is 39.1 Å². The highest BCUT2D eigenvalue weighted by Crippen LogP contribution is 2.45. The summed E-state index contributed by atoms with van der Waals surface area (Å²) < 4.78 is 36.8. The average molecular weight is 614 g/mol. The molecule has 0 aliphatic carbocycles. The highest BCUT2D eigenvalue weighted by atomic mass is 79.9. The first-order chi connectivity index (χ1) is 17.0. The molecule has 5 rings (SSSR count). The van der Waals surface area contributed by atoms with E-state index in [1.807, 2.05) is 24.3 Å². The number of hydrogen-bond donors (Lipinski definition) is 0. The maximum Gasteiger partial charge on any atom is 0.260 e. The van der Waals surface area contributed by atoms with E-state index in [0.717, 1.165) is 10.0 Å². The predicted molar refractivity (Wildman–Crippen MR) is 142 cm³/mol. The van der Waals surface area contributed by atoms with Crippen LogP contribution in [0.2, 0.25) is 10.0 Å². The summed E-state index contributed by atoms with van der Waals surface area (Å²) in [5, 5.41) is 0.652. The highest BCUT2D eigenvalue weighted by Gasteiger charge is 2.52. The summed E-state index contributed by atoms with van der Waals surface area (Å²) >= 11 is 15.9. The van der Waals surface area contributed by atoms with Crippen LogP contribution in [0.4, 0.5) is 11.6 Å². The van der Waals surface area contributed by atoms with Crippen LogP contribution in [-0.2, 0) is 31.5 Å². The standard InChI is InChI=1S/C24H23BrCl2N4O4S/c1-24(12-15-3-5-16(25)6-4-15)22(32)30(19-10-17(26)9-18(27)11-19)23-28-13-21(31(23)24)36(33,34)29-8-7-20(14-29)35-2/h3-6,9-11,13,20H,7-8,12,14H2,1-2H3/t20?,24-/m1/s1. The van der Waals surface area contributed by atoms with Gasteiger partial charge in [-0.05, 0) is 49.2 Å². The van der Waals surface area contributed by atoms with E-state index < -0.39 is 15.6 Å². The molecule has 190 valence electrons. The van der Waals surface area contributed by atoms with Gasteiger partial charge >= 0.3 is 0 Å². The Kier molecular flexibility index (Phi) is 6.72. The van der Waals surface area contributed by atoms with Gasteiger partial charge in [-0.15, -0.1) is 0 Å². The smallest absolute Gasteiger partial charge is 0.260 e. The molecule has 2 aromatic carbocycles. The Labute approximate surface area is 227 Å². The molecule has 0 radical (unpaired) electrons. The minimum Gasteiger partial charge on any atom is -0.380 e. The van der Waals surface area contributed by atoms with Gasteiger partial charge in [0, 0.05) is 41.1 Å². The number of amides is 1. The van der Waals surface area contributed by atoms with E-state index >= 15 is 0 Å². The van der Waals surface area contributed by atoms with Crippen molar-refractivity contribution in [3.63, 3.8) is 0 Å². The number of sulfonamides is 1. The fourth-order valence-corrected chi connectivity index (χ4v) is 7.31. The summed E-state index contributed by atoms with van der Waals surface area (Å²) in [4.78, 5) is 19.9. The van der Waals surface area contributed by atoms with Crippen molar-refractivity contribution in [3.8, 4) is 0 Å². The summed E-state index contributed by atoms with van der Waals surface area (Å²) in [5.41, 5.74) is -0.00543. The summed E-state index contributed by atoms with van der Waals surface area (Å²) in [6.07, 6.45) is 1.98. The molecule has 2 aliphatic heterocycles. The number of carbonyl (C=O) groups excluding carboxylic acids is 1. The average Bonchev–Trinajstić information content (AvgIpc) is 3.52. The van der Waals surface area contributed by atoms with Crippen molar-refractivity contribution in [1.82, 2.24) is 13.9 Å². The fourth-order valence-electron chi connectivity index (χ4n) is 4.85. The zero-order valence-electron chi connectivity index (χ0n) is 19.5. The number of benzene rings is 2. The SMILES string of the molecule is COC1CCN(S(=O)(=O)c2cnc3n2[C@](C)(Cc2ccc(Br)cc2)C(=O)N3c2cc(Cl)cc(Cl)c2)C1. The van der Waals surface area contributed by atoms with E-state index in [1.54, 1.807) is 32.2 Å². The first kappa shape index (κ1) is 25.7. The lowest BCUT2D eigenvalue weighted by molar-refractivity contribution is -0.124. The summed E-state index contributed by atoms with van der Waals surface area (Å²) in [6.45, 7) is 2.30. The number of nitrogens with zero attached hydrogens (tertiary/aromatic N) is 4. The van der Waals surface area contributed by atoms with Crippen LogP contribution in [0.5, 0.6) is 0 Å². The van der Waals surface area contributed by atoms with Crippen LogP contribution in [0.3, 0.4) is 0 Å². The second-order valence-electron chi connectivity index (χ2n) is 9.09. The Morgan fingerprint density at radius 1 is 1.17 bits per heavy atom. The van der Waals surface area contributed by atoms with E-state index in [1.165, 1.54) is 20.0 Å². The van der Waals surface area contributed by atoms with E-state index in [0.29, 0.717) is 28.7 Å². The zero-order valence-corrected chi connectivity index (χ0v) is 23.4. The van der Waals surface area contributed by atoms with Crippen LogP contribution in [0, 0.1) is 0 Å².